The number of hydrogen-bond acceptors (Lipinski definition) is 1. The van der Waals surface area contributed by atoms with Gasteiger partial charge in [0.15, 0.2) is 0 Å². The monoisotopic (exact) mass is 231 g/mol. The van der Waals surface area contributed by atoms with Gasteiger partial charge in [-0.25, -0.2) is 0 Å². The van der Waals surface area contributed by atoms with Gasteiger partial charge in [-0.2, -0.15) is 0 Å². The number of nitrogens with one attached hydrogen (secondary N) is 1. The highest BCUT2D eigenvalue weighted by Gasteiger charge is 2.27. The number of rotatable bonds is 1. The SMILES string of the molecule is Cc1ccc2c(c1)CC(CC(C)(C)C)NC2=O. The van der Waals surface area contributed by atoms with E-state index in [1.807, 2.05) is 12.1 Å². The first-order valence-corrected chi connectivity index (χ1v) is 6.25. The van der Waals surface area contributed by atoms with Crippen LogP contribution in [0.25, 0.3) is 0 Å². The summed E-state index contributed by atoms with van der Waals surface area (Å²) in [4.78, 5) is 12.0. The number of aryl methyl sites for hydroxylation is 1. The van der Waals surface area contributed by atoms with Crippen LogP contribution < -0.4 is 5.32 Å². The largest absolute Gasteiger partial charge is 0.349 e. The van der Waals surface area contributed by atoms with Gasteiger partial charge in [-0.3, -0.25) is 4.79 Å². The van der Waals surface area contributed by atoms with E-state index in [0.29, 0.717) is 0 Å². The molecule has 1 aliphatic heterocycles. The number of fused-ring (bicyclic) bond motifs is 1. The Morgan fingerprint density at radius 3 is 2.71 bits per heavy atom. The van der Waals surface area contributed by atoms with Gasteiger partial charge in [-0.15, -0.1) is 0 Å². The Morgan fingerprint density at radius 1 is 1.35 bits per heavy atom. The molecule has 0 saturated carbocycles. The van der Waals surface area contributed by atoms with Crippen LogP contribution in [0.4, 0.5) is 0 Å². The molecule has 1 amide bonds. The van der Waals surface area contributed by atoms with E-state index in [-0.39, 0.29) is 17.4 Å². The summed E-state index contributed by atoms with van der Waals surface area (Å²) in [7, 11) is 0. The number of benzene rings is 1. The van der Waals surface area contributed by atoms with Crippen molar-refractivity contribution < 1.29 is 4.79 Å². The summed E-state index contributed by atoms with van der Waals surface area (Å²) in [6, 6.07) is 6.36. The summed E-state index contributed by atoms with van der Waals surface area (Å²) in [5.41, 5.74) is 3.52. The Balaban J connectivity index is 2.23. The lowest BCUT2D eigenvalue weighted by Crippen LogP contribution is -2.43. The van der Waals surface area contributed by atoms with Crippen molar-refractivity contribution in [1.82, 2.24) is 5.32 Å². The highest BCUT2D eigenvalue weighted by atomic mass is 16.1. The second-order valence-electron chi connectivity index (χ2n) is 6.30. The highest BCUT2D eigenvalue weighted by molar-refractivity contribution is 5.97. The maximum Gasteiger partial charge on any atom is 0.251 e. The standard InChI is InChI=1S/C15H21NO/c1-10-5-6-13-11(7-10)8-12(16-14(13)17)9-15(2,3)4/h5-7,12H,8-9H2,1-4H3,(H,16,17). The molecule has 2 nitrogen and oxygen atoms in total. The molecular formula is C15H21NO. The molecule has 2 heteroatoms. The molecule has 0 saturated heterocycles. The second kappa shape index (κ2) is 4.17. The minimum absolute atomic E-state index is 0.0838. The number of carbonyl (C=O) groups is 1. The van der Waals surface area contributed by atoms with Gasteiger partial charge in [-0.05, 0) is 36.8 Å². The van der Waals surface area contributed by atoms with E-state index in [1.165, 1.54) is 11.1 Å². The topological polar surface area (TPSA) is 29.1 Å². The quantitative estimate of drug-likeness (QED) is 0.790. The van der Waals surface area contributed by atoms with Gasteiger partial charge in [0.05, 0.1) is 0 Å². The van der Waals surface area contributed by atoms with Crippen LogP contribution in [-0.4, -0.2) is 11.9 Å². The lowest BCUT2D eigenvalue weighted by Gasteiger charge is -2.31. The first-order valence-electron chi connectivity index (χ1n) is 6.25. The third kappa shape index (κ3) is 2.87. The van der Waals surface area contributed by atoms with Crippen LogP contribution in [0.5, 0.6) is 0 Å². The average molecular weight is 231 g/mol. The molecule has 0 fully saturated rings. The summed E-state index contributed by atoms with van der Waals surface area (Å²) < 4.78 is 0. The van der Waals surface area contributed by atoms with E-state index in [2.05, 4.69) is 39.1 Å². The fourth-order valence-electron chi connectivity index (χ4n) is 2.55. The van der Waals surface area contributed by atoms with E-state index in [9.17, 15) is 4.79 Å². The second-order valence-corrected chi connectivity index (χ2v) is 6.30. The van der Waals surface area contributed by atoms with Gasteiger partial charge in [0, 0.05) is 11.6 Å². The molecule has 0 spiro atoms. The van der Waals surface area contributed by atoms with E-state index < -0.39 is 0 Å². The lowest BCUT2D eigenvalue weighted by atomic mass is 9.83. The van der Waals surface area contributed by atoms with Crippen molar-refractivity contribution in [2.75, 3.05) is 0 Å². The lowest BCUT2D eigenvalue weighted by molar-refractivity contribution is 0.0913. The third-order valence-corrected chi connectivity index (χ3v) is 3.17. The van der Waals surface area contributed by atoms with Gasteiger partial charge in [0.2, 0.25) is 0 Å². The number of hydrogen-bond donors (Lipinski definition) is 1. The molecule has 1 N–H and O–H groups in total. The number of amides is 1. The van der Waals surface area contributed by atoms with Crippen molar-refractivity contribution in [1.29, 1.82) is 0 Å². The molecule has 0 aromatic heterocycles. The van der Waals surface area contributed by atoms with Crippen molar-refractivity contribution in [3.8, 4) is 0 Å². The Kier molecular flexibility index (Phi) is 2.98. The molecule has 1 aliphatic rings. The minimum Gasteiger partial charge on any atom is -0.349 e. The van der Waals surface area contributed by atoms with Crippen molar-refractivity contribution in [2.45, 2.75) is 46.6 Å². The van der Waals surface area contributed by atoms with E-state index in [0.717, 1.165) is 18.4 Å². The highest BCUT2D eigenvalue weighted by Crippen LogP contribution is 2.26. The van der Waals surface area contributed by atoms with Crippen molar-refractivity contribution in [2.24, 2.45) is 5.41 Å². The van der Waals surface area contributed by atoms with E-state index >= 15 is 0 Å². The Morgan fingerprint density at radius 2 is 2.06 bits per heavy atom. The first kappa shape index (κ1) is 12.2. The van der Waals surface area contributed by atoms with Gasteiger partial charge in [-0.1, -0.05) is 38.5 Å². The average Bonchev–Trinajstić information content (AvgIpc) is 2.13. The van der Waals surface area contributed by atoms with Gasteiger partial charge >= 0.3 is 0 Å². The fourth-order valence-corrected chi connectivity index (χ4v) is 2.55. The Bertz CT molecular complexity index is 443. The zero-order chi connectivity index (χ0) is 12.6. The maximum atomic E-state index is 12.0. The van der Waals surface area contributed by atoms with Crippen LogP contribution in [0, 0.1) is 12.3 Å². The zero-order valence-corrected chi connectivity index (χ0v) is 11.1. The molecule has 1 atom stereocenters. The van der Waals surface area contributed by atoms with Gasteiger partial charge in [0.1, 0.15) is 0 Å². The molecule has 0 radical (unpaired) electrons. The zero-order valence-electron chi connectivity index (χ0n) is 11.1. The van der Waals surface area contributed by atoms with Crippen molar-refractivity contribution in [3.63, 3.8) is 0 Å². The number of carbonyl (C=O) groups excluding carboxylic acids is 1. The van der Waals surface area contributed by atoms with Crippen LogP contribution >= 0.6 is 0 Å². The van der Waals surface area contributed by atoms with E-state index in [1.54, 1.807) is 0 Å². The summed E-state index contributed by atoms with van der Waals surface area (Å²) in [6.07, 6.45) is 1.98. The molecule has 2 rings (SSSR count). The third-order valence-electron chi connectivity index (χ3n) is 3.17. The molecule has 17 heavy (non-hydrogen) atoms. The van der Waals surface area contributed by atoms with Gasteiger partial charge < -0.3 is 5.32 Å². The maximum absolute atomic E-state index is 12.0. The Labute approximate surface area is 103 Å². The summed E-state index contributed by atoms with van der Waals surface area (Å²) in [6.45, 7) is 8.71. The molecule has 1 aromatic rings. The summed E-state index contributed by atoms with van der Waals surface area (Å²) in [5, 5.41) is 3.11. The fraction of sp³-hybridized carbons (Fsp3) is 0.533. The van der Waals surface area contributed by atoms with Gasteiger partial charge in [0.25, 0.3) is 5.91 Å². The van der Waals surface area contributed by atoms with Crippen molar-refractivity contribution >= 4 is 5.91 Å². The molecule has 1 unspecified atom stereocenters. The van der Waals surface area contributed by atoms with Crippen LogP contribution in [0.3, 0.4) is 0 Å². The summed E-state index contributed by atoms with van der Waals surface area (Å²) in [5.74, 6) is 0.0838. The van der Waals surface area contributed by atoms with Crippen molar-refractivity contribution in [3.05, 3.63) is 34.9 Å². The predicted octanol–water partition coefficient (Wildman–Crippen LogP) is 3.09. The summed E-state index contributed by atoms with van der Waals surface area (Å²) >= 11 is 0. The molecule has 1 aromatic carbocycles. The van der Waals surface area contributed by atoms with Crippen LogP contribution in [-0.2, 0) is 6.42 Å². The van der Waals surface area contributed by atoms with Crippen LogP contribution in [0.1, 0.15) is 48.7 Å². The van der Waals surface area contributed by atoms with Crippen LogP contribution in [0.15, 0.2) is 18.2 Å². The minimum atomic E-state index is 0.0838. The van der Waals surface area contributed by atoms with Crippen LogP contribution in [0.2, 0.25) is 0 Å². The molecule has 1 heterocycles. The molecule has 0 bridgehead atoms. The molecular weight excluding hydrogens is 210 g/mol. The van der Waals surface area contributed by atoms with E-state index in [4.69, 9.17) is 0 Å². The normalized spacial score (nSPS) is 19.8. The first-order chi connectivity index (χ1) is 7.85. The smallest absolute Gasteiger partial charge is 0.251 e. The molecule has 0 aliphatic carbocycles. The Hall–Kier alpha value is -1.31. The molecule has 92 valence electrons. The predicted molar refractivity (Wildman–Crippen MR) is 70.2 cm³/mol.